The second-order valence-corrected chi connectivity index (χ2v) is 9.13. The molecule has 0 fully saturated rings. The molecule has 2 aromatic carbocycles. The summed E-state index contributed by atoms with van der Waals surface area (Å²) in [5, 5.41) is 2.91. The molecule has 0 aliphatic carbocycles. The van der Waals surface area contributed by atoms with Gasteiger partial charge in [0, 0.05) is 28.4 Å². The molecule has 7 heteroatoms. The molecule has 2 aromatic rings. The lowest BCUT2D eigenvalue weighted by atomic mass is 10.1. The average molecular weight is 495 g/mol. The Bertz CT molecular complexity index is 847. The summed E-state index contributed by atoms with van der Waals surface area (Å²) in [4.78, 5) is 27.1. The Morgan fingerprint density at radius 3 is 2.43 bits per heavy atom. The van der Waals surface area contributed by atoms with Gasteiger partial charge in [-0.2, -0.15) is 0 Å². The van der Waals surface area contributed by atoms with Crippen LogP contribution in [-0.2, 0) is 21.9 Å². The lowest BCUT2D eigenvalue weighted by molar-refractivity contribution is -0.139. The molecule has 1 N–H and O–H groups in total. The fourth-order valence-corrected chi connectivity index (χ4v) is 3.91. The molecule has 2 atom stereocenters. The first kappa shape index (κ1) is 24.4. The maximum Gasteiger partial charge on any atom is 0.242 e. The maximum absolute atomic E-state index is 14.2. The molecule has 0 heterocycles. The van der Waals surface area contributed by atoms with Gasteiger partial charge in [-0.15, -0.1) is 11.8 Å². The number of rotatable bonds is 10. The van der Waals surface area contributed by atoms with E-state index in [1.807, 2.05) is 38.1 Å². The van der Waals surface area contributed by atoms with Crippen molar-refractivity contribution in [3.63, 3.8) is 0 Å². The van der Waals surface area contributed by atoms with Gasteiger partial charge in [-0.05, 0) is 44.0 Å². The average Bonchev–Trinajstić information content (AvgIpc) is 2.73. The summed E-state index contributed by atoms with van der Waals surface area (Å²) in [5.74, 6) is 0.0947. The van der Waals surface area contributed by atoms with E-state index in [9.17, 15) is 14.0 Å². The molecule has 4 nitrogen and oxygen atoms in total. The lowest BCUT2D eigenvalue weighted by Gasteiger charge is -2.29. The Balaban J connectivity index is 2.08. The van der Waals surface area contributed by atoms with Gasteiger partial charge in [0.15, 0.2) is 0 Å². The van der Waals surface area contributed by atoms with Crippen molar-refractivity contribution in [1.29, 1.82) is 0 Å². The number of amides is 2. The monoisotopic (exact) mass is 494 g/mol. The summed E-state index contributed by atoms with van der Waals surface area (Å²) in [7, 11) is 0. The third kappa shape index (κ3) is 7.43. The predicted molar refractivity (Wildman–Crippen MR) is 125 cm³/mol. The minimum Gasteiger partial charge on any atom is -0.352 e. The normalized spacial score (nSPS) is 12.8. The van der Waals surface area contributed by atoms with Crippen LogP contribution in [0.15, 0.2) is 53.0 Å². The van der Waals surface area contributed by atoms with Crippen molar-refractivity contribution in [1.82, 2.24) is 10.2 Å². The summed E-state index contributed by atoms with van der Waals surface area (Å²) < 4.78 is 15.2. The lowest BCUT2D eigenvalue weighted by Crippen LogP contribution is -2.50. The molecule has 0 bridgehead atoms. The molecule has 0 spiro atoms. The molecule has 2 unspecified atom stereocenters. The molecule has 0 aliphatic heterocycles. The zero-order valence-corrected chi connectivity index (χ0v) is 19.9. The fourth-order valence-electron chi connectivity index (χ4n) is 2.78. The highest BCUT2D eigenvalue weighted by Gasteiger charge is 2.27. The largest absolute Gasteiger partial charge is 0.352 e. The van der Waals surface area contributed by atoms with Crippen LogP contribution in [0.25, 0.3) is 0 Å². The van der Waals surface area contributed by atoms with E-state index in [0.29, 0.717) is 11.3 Å². The van der Waals surface area contributed by atoms with Gasteiger partial charge in [-0.25, -0.2) is 4.39 Å². The van der Waals surface area contributed by atoms with E-state index in [0.717, 1.165) is 16.5 Å². The van der Waals surface area contributed by atoms with Crippen molar-refractivity contribution < 1.29 is 14.0 Å². The van der Waals surface area contributed by atoms with Crippen molar-refractivity contribution >= 4 is 39.5 Å². The van der Waals surface area contributed by atoms with Crippen LogP contribution in [0.3, 0.4) is 0 Å². The Hall–Kier alpha value is -1.86. The Morgan fingerprint density at radius 2 is 1.80 bits per heavy atom. The summed E-state index contributed by atoms with van der Waals surface area (Å²) in [6.07, 6.45) is 0.794. The van der Waals surface area contributed by atoms with Crippen LogP contribution in [0.2, 0.25) is 0 Å². The third-order valence-electron chi connectivity index (χ3n) is 4.87. The Kier molecular flexibility index (Phi) is 9.85. The first-order chi connectivity index (χ1) is 14.3. The third-order valence-corrected chi connectivity index (χ3v) is 6.39. The number of halogens is 2. The standard InChI is InChI=1S/C23H28BrFN2O2S/c1-4-16(2)26-23(29)17(3)27(13-19-7-5-6-8-21(19)25)22(28)15-30-14-18-9-11-20(24)12-10-18/h5-12,16-17H,4,13-15H2,1-3H3,(H,26,29). The molecule has 30 heavy (non-hydrogen) atoms. The van der Waals surface area contributed by atoms with Crippen LogP contribution >= 0.6 is 27.7 Å². The number of hydrogen-bond donors (Lipinski definition) is 1. The summed E-state index contributed by atoms with van der Waals surface area (Å²) >= 11 is 4.89. The maximum atomic E-state index is 14.2. The summed E-state index contributed by atoms with van der Waals surface area (Å²) in [6.45, 7) is 5.65. The van der Waals surface area contributed by atoms with E-state index in [2.05, 4.69) is 21.2 Å². The van der Waals surface area contributed by atoms with E-state index in [-0.39, 0.29) is 36.0 Å². The van der Waals surface area contributed by atoms with Crippen LogP contribution in [0.1, 0.15) is 38.3 Å². The number of nitrogens with zero attached hydrogens (tertiary/aromatic N) is 1. The van der Waals surface area contributed by atoms with Gasteiger partial charge in [0.1, 0.15) is 11.9 Å². The van der Waals surface area contributed by atoms with Gasteiger partial charge in [0.25, 0.3) is 0 Å². The number of benzene rings is 2. The predicted octanol–water partition coefficient (Wildman–Crippen LogP) is 5.15. The van der Waals surface area contributed by atoms with Crippen LogP contribution in [0.4, 0.5) is 4.39 Å². The van der Waals surface area contributed by atoms with Gasteiger partial charge in [0.05, 0.1) is 5.75 Å². The van der Waals surface area contributed by atoms with Gasteiger partial charge in [0.2, 0.25) is 11.8 Å². The van der Waals surface area contributed by atoms with Crippen molar-refractivity contribution in [2.45, 2.75) is 51.6 Å². The number of carbonyl (C=O) groups is 2. The molecule has 0 aromatic heterocycles. The van der Waals surface area contributed by atoms with Crippen molar-refractivity contribution in [3.05, 3.63) is 69.9 Å². The van der Waals surface area contributed by atoms with E-state index in [1.54, 1.807) is 25.1 Å². The van der Waals surface area contributed by atoms with Crippen molar-refractivity contribution in [2.24, 2.45) is 0 Å². The number of carbonyl (C=O) groups excluding carboxylic acids is 2. The van der Waals surface area contributed by atoms with Gasteiger partial charge in [-0.3, -0.25) is 9.59 Å². The summed E-state index contributed by atoms with van der Waals surface area (Å²) in [5.41, 5.74) is 1.51. The smallest absolute Gasteiger partial charge is 0.242 e. The zero-order valence-electron chi connectivity index (χ0n) is 17.5. The quantitative estimate of drug-likeness (QED) is 0.496. The molecule has 0 saturated heterocycles. The van der Waals surface area contributed by atoms with Crippen molar-refractivity contribution in [3.8, 4) is 0 Å². The SMILES string of the molecule is CCC(C)NC(=O)C(C)N(Cc1ccccc1F)C(=O)CSCc1ccc(Br)cc1. The van der Waals surface area contributed by atoms with Gasteiger partial charge < -0.3 is 10.2 Å². The topological polar surface area (TPSA) is 49.4 Å². The van der Waals surface area contributed by atoms with Gasteiger partial charge in [-0.1, -0.05) is 53.2 Å². The molecule has 2 amide bonds. The first-order valence-corrected chi connectivity index (χ1v) is 11.9. The molecule has 0 aliphatic rings. The molecule has 0 radical (unpaired) electrons. The van der Waals surface area contributed by atoms with E-state index >= 15 is 0 Å². The number of hydrogen-bond acceptors (Lipinski definition) is 3. The van der Waals surface area contributed by atoms with Crippen LogP contribution < -0.4 is 5.32 Å². The molecule has 0 saturated carbocycles. The van der Waals surface area contributed by atoms with E-state index in [1.165, 1.54) is 22.7 Å². The molecular weight excluding hydrogens is 467 g/mol. The van der Waals surface area contributed by atoms with Crippen LogP contribution in [0.5, 0.6) is 0 Å². The Labute approximate surface area is 190 Å². The molecule has 162 valence electrons. The highest BCUT2D eigenvalue weighted by molar-refractivity contribution is 9.10. The zero-order chi connectivity index (χ0) is 22.1. The Morgan fingerprint density at radius 1 is 1.13 bits per heavy atom. The first-order valence-electron chi connectivity index (χ1n) is 9.97. The second-order valence-electron chi connectivity index (χ2n) is 7.23. The van der Waals surface area contributed by atoms with Crippen LogP contribution in [0, 0.1) is 5.82 Å². The highest BCUT2D eigenvalue weighted by Crippen LogP contribution is 2.19. The molecular formula is C23H28BrFN2O2S. The van der Waals surface area contributed by atoms with E-state index < -0.39 is 6.04 Å². The van der Waals surface area contributed by atoms with Crippen molar-refractivity contribution in [2.75, 3.05) is 5.75 Å². The van der Waals surface area contributed by atoms with Crippen LogP contribution in [-0.4, -0.2) is 34.6 Å². The highest BCUT2D eigenvalue weighted by atomic mass is 79.9. The molecule has 2 rings (SSSR count). The number of nitrogens with one attached hydrogen (secondary N) is 1. The van der Waals surface area contributed by atoms with E-state index in [4.69, 9.17) is 0 Å². The second kappa shape index (κ2) is 12.1. The summed E-state index contributed by atoms with van der Waals surface area (Å²) in [6, 6.07) is 13.6. The number of thioether (sulfide) groups is 1. The minimum absolute atomic E-state index is 0.0112. The minimum atomic E-state index is -0.695. The van der Waals surface area contributed by atoms with Gasteiger partial charge >= 0.3 is 0 Å². The fraction of sp³-hybridized carbons (Fsp3) is 0.391.